The number of rotatable bonds is 5. The molecule has 12 rings (SSSR count). The summed E-state index contributed by atoms with van der Waals surface area (Å²) in [5.74, 6) is 0. The van der Waals surface area contributed by atoms with E-state index in [-0.39, 0.29) is 0 Å². The molecule has 0 bridgehead atoms. The number of aromatic nitrogens is 2. The van der Waals surface area contributed by atoms with Crippen molar-refractivity contribution in [2.75, 3.05) is 0 Å². The number of thiophene rings is 1. The first-order valence-corrected chi connectivity index (χ1v) is 20.3. The van der Waals surface area contributed by atoms with E-state index in [1.54, 1.807) is 0 Å². The minimum absolute atomic E-state index is 1.17. The summed E-state index contributed by atoms with van der Waals surface area (Å²) in [6.07, 6.45) is 0. The predicted molar refractivity (Wildman–Crippen MR) is 244 cm³/mol. The van der Waals surface area contributed by atoms with Crippen LogP contribution in [0.15, 0.2) is 206 Å². The number of nitrogens with zero attached hydrogens (tertiary/aromatic N) is 2. The summed E-state index contributed by atoms with van der Waals surface area (Å²) in [7, 11) is 0. The fourth-order valence-electron chi connectivity index (χ4n) is 9.33. The van der Waals surface area contributed by atoms with Gasteiger partial charge in [0.05, 0.1) is 32.5 Å². The highest BCUT2D eigenvalue weighted by atomic mass is 32.1. The maximum atomic E-state index is 2.52. The molecular formula is C54H34N2S. The molecule has 57 heavy (non-hydrogen) atoms. The van der Waals surface area contributed by atoms with Crippen molar-refractivity contribution in [2.24, 2.45) is 0 Å². The second-order valence-electron chi connectivity index (χ2n) is 14.8. The molecule has 0 N–H and O–H groups in total. The van der Waals surface area contributed by atoms with E-state index in [0.29, 0.717) is 0 Å². The molecule has 0 atom stereocenters. The largest absolute Gasteiger partial charge is 0.309 e. The Kier molecular flexibility index (Phi) is 7.13. The van der Waals surface area contributed by atoms with E-state index in [1.165, 1.54) is 109 Å². The zero-order valence-corrected chi connectivity index (χ0v) is 31.7. The van der Waals surface area contributed by atoms with Crippen molar-refractivity contribution in [3.8, 4) is 44.8 Å². The maximum Gasteiger partial charge on any atom is 0.0641 e. The fraction of sp³-hybridized carbons (Fsp3) is 0. The molecule has 0 saturated carbocycles. The molecule has 0 amide bonds. The topological polar surface area (TPSA) is 9.86 Å². The van der Waals surface area contributed by atoms with Gasteiger partial charge >= 0.3 is 0 Å². The molecule has 0 aliphatic heterocycles. The number of benzene rings is 9. The Bertz CT molecular complexity index is 3510. The average molecular weight is 743 g/mol. The SMILES string of the molecule is c1ccc(-c2cccc(-c3ccc(-n4c5ccccc5c5c(-c6cccc7c6c6ccccc6n7-c6ccccc6)cccc54)c4sc5ccccc5c34)c2)cc1. The smallest absolute Gasteiger partial charge is 0.0641 e. The Morgan fingerprint density at radius 1 is 0.316 bits per heavy atom. The van der Waals surface area contributed by atoms with Gasteiger partial charge in [-0.25, -0.2) is 0 Å². The van der Waals surface area contributed by atoms with Gasteiger partial charge in [-0.1, -0.05) is 152 Å². The van der Waals surface area contributed by atoms with Crippen molar-refractivity contribution < 1.29 is 0 Å². The van der Waals surface area contributed by atoms with Crippen molar-refractivity contribution >= 4 is 75.1 Å². The van der Waals surface area contributed by atoms with E-state index >= 15 is 0 Å². The van der Waals surface area contributed by atoms with Crippen LogP contribution >= 0.6 is 11.3 Å². The van der Waals surface area contributed by atoms with Gasteiger partial charge in [-0.05, 0) is 88.0 Å². The van der Waals surface area contributed by atoms with Crippen LogP contribution in [0.25, 0.3) is 109 Å². The molecule has 266 valence electrons. The lowest BCUT2D eigenvalue weighted by Crippen LogP contribution is -1.95. The van der Waals surface area contributed by atoms with Gasteiger partial charge < -0.3 is 9.13 Å². The lowest BCUT2D eigenvalue weighted by atomic mass is 9.95. The first kappa shape index (κ1) is 32.1. The lowest BCUT2D eigenvalue weighted by molar-refractivity contribution is 1.18. The Morgan fingerprint density at radius 3 is 1.56 bits per heavy atom. The Hall–Kier alpha value is -7.20. The zero-order valence-electron chi connectivity index (χ0n) is 30.9. The molecule has 0 aliphatic rings. The Balaban J connectivity index is 1.14. The summed E-state index contributed by atoms with van der Waals surface area (Å²) in [6.45, 7) is 0. The summed E-state index contributed by atoms with van der Waals surface area (Å²) in [6, 6.07) is 75.5. The zero-order chi connectivity index (χ0) is 37.5. The van der Waals surface area contributed by atoms with Gasteiger partial charge in [-0.15, -0.1) is 11.3 Å². The van der Waals surface area contributed by atoms with Crippen LogP contribution in [0.1, 0.15) is 0 Å². The quantitative estimate of drug-likeness (QED) is 0.166. The third kappa shape index (κ3) is 4.83. The van der Waals surface area contributed by atoms with E-state index in [0.717, 1.165) is 0 Å². The number of hydrogen-bond donors (Lipinski definition) is 0. The van der Waals surface area contributed by atoms with Gasteiger partial charge in [0.25, 0.3) is 0 Å². The van der Waals surface area contributed by atoms with E-state index in [1.807, 2.05) is 11.3 Å². The van der Waals surface area contributed by atoms with Gasteiger partial charge in [-0.3, -0.25) is 0 Å². The molecule has 0 spiro atoms. The van der Waals surface area contributed by atoms with Crippen LogP contribution in [0.2, 0.25) is 0 Å². The van der Waals surface area contributed by atoms with Crippen LogP contribution in [0, 0.1) is 0 Å². The van der Waals surface area contributed by atoms with E-state index in [2.05, 4.69) is 215 Å². The normalized spacial score (nSPS) is 11.9. The molecule has 0 radical (unpaired) electrons. The monoisotopic (exact) mass is 742 g/mol. The number of fused-ring (bicyclic) bond motifs is 9. The van der Waals surface area contributed by atoms with Crippen molar-refractivity contribution in [3.05, 3.63) is 206 Å². The molecular weight excluding hydrogens is 709 g/mol. The van der Waals surface area contributed by atoms with Crippen LogP contribution in [-0.2, 0) is 0 Å². The Morgan fingerprint density at radius 2 is 0.842 bits per heavy atom. The van der Waals surface area contributed by atoms with Crippen LogP contribution < -0.4 is 0 Å². The second-order valence-corrected chi connectivity index (χ2v) is 15.9. The molecule has 0 aliphatic carbocycles. The minimum atomic E-state index is 1.17. The molecule has 3 heterocycles. The van der Waals surface area contributed by atoms with Crippen LogP contribution in [-0.4, -0.2) is 9.13 Å². The van der Waals surface area contributed by atoms with Crippen LogP contribution in [0.3, 0.4) is 0 Å². The minimum Gasteiger partial charge on any atom is -0.309 e. The standard InChI is InChI=1S/C54H34N2S/c1-3-16-35(17-4-1)36-18-13-19-37(34-36)39-32-33-49(54-53(39)44-24-9-12-31-50(44)57-54)56-46-28-11-8-23-43(46)52-41(26-15-30-48(52)56)40-25-14-29-47-51(40)42-22-7-10-27-45(42)55(47)38-20-5-2-6-21-38/h1-34H. The molecule has 9 aromatic carbocycles. The van der Waals surface area contributed by atoms with Gasteiger partial charge in [0.1, 0.15) is 0 Å². The number of hydrogen-bond acceptors (Lipinski definition) is 1. The summed E-state index contributed by atoms with van der Waals surface area (Å²) >= 11 is 1.89. The van der Waals surface area contributed by atoms with E-state index < -0.39 is 0 Å². The van der Waals surface area contributed by atoms with Crippen molar-refractivity contribution in [1.29, 1.82) is 0 Å². The first-order valence-electron chi connectivity index (χ1n) is 19.5. The number of para-hydroxylation sites is 3. The molecule has 0 saturated heterocycles. The molecule has 0 fully saturated rings. The van der Waals surface area contributed by atoms with Gasteiger partial charge in [-0.2, -0.15) is 0 Å². The summed E-state index contributed by atoms with van der Waals surface area (Å²) < 4.78 is 7.51. The average Bonchev–Trinajstić information content (AvgIpc) is 3.95. The second kappa shape index (κ2) is 12.7. The third-order valence-corrected chi connectivity index (χ3v) is 12.9. The molecule has 3 heteroatoms. The van der Waals surface area contributed by atoms with Gasteiger partial charge in [0.2, 0.25) is 0 Å². The van der Waals surface area contributed by atoms with Crippen molar-refractivity contribution in [2.45, 2.75) is 0 Å². The molecule has 0 unspecified atom stereocenters. The van der Waals surface area contributed by atoms with Gasteiger partial charge in [0.15, 0.2) is 0 Å². The molecule has 2 nitrogen and oxygen atoms in total. The molecule has 12 aromatic rings. The van der Waals surface area contributed by atoms with Crippen molar-refractivity contribution in [1.82, 2.24) is 9.13 Å². The maximum absolute atomic E-state index is 2.52. The van der Waals surface area contributed by atoms with E-state index in [4.69, 9.17) is 0 Å². The highest BCUT2D eigenvalue weighted by molar-refractivity contribution is 7.26. The molecule has 3 aromatic heterocycles. The van der Waals surface area contributed by atoms with E-state index in [9.17, 15) is 0 Å². The van der Waals surface area contributed by atoms with Crippen LogP contribution in [0.5, 0.6) is 0 Å². The fourth-order valence-corrected chi connectivity index (χ4v) is 10.6. The highest BCUT2D eigenvalue weighted by Crippen LogP contribution is 2.48. The first-order chi connectivity index (χ1) is 28.3. The summed E-state index contributed by atoms with van der Waals surface area (Å²) in [5.41, 5.74) is 14.6. The Labute approximate surface area is 333 Å². The third-order valence-electron chi connectivity index (χ3n) is 11.7. The van der Waals surface area contributed by atoms with Gasteiger partial charge in [0, 0.05) is 42.7 Å². The lowest BCUT2D eigenvalue weighted by Gasteiger charge is -2.14. The highest BCUT2D eigenvalue weighted by Gasteiger charge is 2.23. The summed E-state index contributed by atoms with van der Waals surface area (Å²) in [5, 5.41) is 7.65. The predicted octanol–water partition coefficient (Wildman–Crippen LogP) is 15.2. The summed E-state index contributed by atoms with van der Waals surface area (Å²) in [4.78, 5) is 0. The van der Waals surface area contributed by atoms with Crippen LogP contribution in [0.4, 0.5) is 0 Å². The van der Waals surface area contributed by atoms with Crippen molar-refractivity contribution in [3.63, 3.8) is 0 Å².